The number of nitrogens with one attached hydrogen (secondary N) is 1. The van der Waals surface area contributed by atoms with Gasteiger partial charge in [-0.1, -0.05) is 0 Å². The normalized spacial score (nSPS) is 24.9. The van der Waals surface area contributed by atoms with Crippen LogP contribution in [0.15, 0.2) is 0 Å². The molecule has 0 aromatic carbocycles. The molecule has 0 aliphatic carbocycles. The van der Waals surface area contributed by atoms with E-state index in [9.17, 15) is 0 Å². The summed E-state index contributed by atoms with van der Waals surface area (Å²) in [5, 5.41) is 6.88. The Morgan fingerprint density at radius 2 is 2.54 bits per heavy atom. The molecule has 2 rings (SSSR count). The van der Waals surface area contributed by atoms with Gasteiger partial charge in [-0.15, -0.1) is 0 Å². The number of hydrogen-bond acceptors (Lipinski definition) is 4. The van der Waals surface area contributed by atoms with Gasteiger partial charge in [0.05, 0.1) is 6.04 Å². The number of ether oxygens (including phenoxy) is 1. The van der Waals surface area contributed by atoms with Crippen LogP contribution in [0, 0.1) is 0 Å². The van der Waals surface area contributed by atoms with Crippen LogP contribution in [0.3, 0.4) is 0 Å². The second-order valence-corrected chi connectivity index (χ2v) is 3.37. The fraction of sp³-hybridized carbons (Fsp3) is 0.750. The van der Waals surface area contributed by atoms with Crippen molar-refractivity contribution < 1.29 is 4.74 Å². The zero-order valence-corrected chi connectivity index (χ0v) is 7.66. The third-order valence-corrected chi connectivity index (χ3v) is 2.16. The largest absolute Gasteiger partial charge is 0.370 e. The van der Waals surface area contributed by atoms with E-state index in [4.69, 9.17) is 10.5 Å². The fourth-order valence-electron chi connectivity index (χ4n) is 1.43. The Labute approximate surface area is 76.7 Å². The number of hydrogen-bond donors (Lipinski definition) is 2. The average molecular weight is 182 g/mol. The van der Waals surface area contributed by atoms with Gasteiger partial charge < -0.3 is 10.5 Å². The lowest BCUT2D eigenvalue weighted by Crippen LogP contribution is -2.07. The van der Waals surface area contributed by atoms with Crippen LogP contribution in [-0.4, -0.2) is 21.8 Å². The zero-order chi connectivity index (χ0) is 9.26. The van der Waals surface area contributed by atoms with E-state index in [-0.39, 0.29) is 12.1 Å². The van der Waals surface area contributed by atoms with Crippen molar-refractivity contribution >= 4 is 0 Å². The summed E-state index contributed by atoms with van der Waals surface area (Å²) < 4.78 is 5.46. The molecule has 5 nitrogen and oxygen atoms in total. The monoisotopic (exact) mass is 182 g/mol. The van der Waals surface area contributed by atoms with Gasteiger partial charge in [0.25, 0.3) is 0 Å². The van der Waals surface area contributed by atoms with Gasteiger partial charge in [0.15, 0.2) is 11.6 Å². The van der Waals surface area contributed by atoms with Gasteiger partial charge in [0, 0.05) is 6.61 Å². The quantitative estimate of drug-likeness (QED) is 0.705. The highest BCUT2D eigenvalue weighted by atomic mass is 16.5. The van der Waals surface area contributed by atoms with Crippen LogP contribution in [0.5, 0.6) is 0 Å². The van der Waals surface area contributed by atoms with Crippen molar-refractivity contribution in [2.45, 2.75) is 31.9 Å². The van der Waals surface area contributed by atoms with E-state index in [2.05, 4.69) is 15.2 Å². The second kappa shape index (κ2) is 3.43. The fourth-order valence-corrected chi connectivity index (χ4v) is 1.43. The first-order valence-electron chi connectivity index (χ1n) is 4.57. The first-order valence-corrected chi connectivity index (χ1v) is 4.57. The average Bonchev–Trinajstić information content (AvgIpc) is 2.75. The maximum atomic E-state index is 5.64. The molecule has 1 aliphatic heterocycles. The maximum absolute atomic E-state index is 5.64. The Hall–Kier alpha value is -0.940. The van der Waals surface area contributed by atoms with Crippen LogP contribution >= 0.6 is 0 Å². The molecule has 0 radical (unpaired) electrons. The van der Waals surface area contributed by atoms with E-state index in [1.165, 1.54) is 0 Å². The van der Waals surface area contributed by atoms with Crippen molar-refractivity contribution in [1.29, 1.82) is 0 Å². The summed E-state index contributed by atoms with van der Waals surface area (Å²) in [5.41, 5.74) is 5.64. The lowest BCUT2D eigenvalue weighted by molar-refractivity contribution is 0.105. The van der Waals surface area contributed by atoms with Crippen molar-refractivity contribution in [3.8, 4) is 0 Å². The lowest BCUT2D eigenvalue weighted by atomic mass is 10.2. The Bertz CT molecular complexity index is 277. The zero-order valence-electron chi connectivity index (χ0n) is 7.66. The molecule has 2 heterocycles. The summed E-state index contributed by atoms with van der Waals surface area (Å²) >= 11 is 0. The molecule has 1 fully saturated rings. The predicted molar refractivity (Wildman–Crippen MR) is 46.9 cm³/mol. The van der Waals surface area contributed by atoms with Crippen molar-refractivity contribution in [3.63, 3.8) is 0 Å². The molecule has 1 aromatic rings. The van der Waals surface area contributed by atoms with E-state index in [1.807, 2.05) is 6.92 Å². The van der Waals surface area contributed by atoms with Gasteiger partial charge in [0.1, 0.15) is 6.10 Å². The van der Waals surface area contributed by atoms with Crippen LogP contribution in [0.4, 0.5) is 0 Å². The molecule has 1 aliphatic rings. The van der Waals surface area contributed by atoms with Gasteiger partial charge in [-0.05, 0) is 19.8 Å². The summed E-state index contributed by atoms with van der Waals surface area (Å²) in [4.78, 5) is 4.28. The van der Waals surface area contributed by atoms with Crippen molar-refractivity contribution in [2.24, 2.45) is 5.73 Å². The standard InChI is InChI=1S/C8H14N4O/c1-5(9)7-10-8(12-11-7)6-3-2-4-13-6/h5-6H,2-4,9H2,1H3,(H,10,11,12)/t5-,6+/m0/s1. The third kappa shape index (κ3) is 1.71. The first kappa shape index (κ1) is 8.65. The third-order valence-electron chi connectivity index (χ3n) is 2.16. The molecule has 13 heavy (non-hydrogen) atoms. The molecule has 5 heteroatoms. The summed E-state index contributed by atoms with van der Waals surface area (Å²) in [6, 6.07) is -0.119. The Morgan fingerprint density at radius 1 is 1.69 bits per heavy atom. The van der Waals surface area contributed by atoms with Crippen LogP contribution in [0.1, 0.15) is 43.6 Å². The van der Waals surface area contributed by atoms with E-state index < -0.39 is 0 Å². The molecule has 3 N–H and O–H groups in total. The van der Waals surface area contributed by atoms with Crippen LogP contribution in [0.25, 0.3) is 0 Å². The molecule has 72 valence electrons. The minimum absolute atomic E-state index is 0.0972. The lowest BCUT2D eigenvalue weighted by Gasteiger charge is -2.03. The molecular formula is C8H14N4O. The molecule has 0 bridgehead atoms. The van der Waals surface area contributed by atoms with Crippen LogP contribution in [0.2, 0.25) is 0 Å². The van der Waals surface area contributed by atoms with Crippen molar-refractivity contribution in [2.75, 3.05) is 6.61 Å². The molecule has 0 unspecified atom stereocenters. The molecular weight excluding hydrogens is 168 g/mol. The molecule has 2 atom stereocenters. The SMILES string of the molecule is C[C@H](N)c1n[nH]c([C@H]2CCCO2)n1. The summed E-state index contributed by atoms with van der Waals surface area (Å²) in [7, 11) is 0. The van der Waals surface area contributed by atoms with Crippen molar-refractivity contribution in [3.05, 3.63) is 11.6 Å². The molecule has 1 aromatic heterocycles. The van der Waals surface area contributed by atoms with Gasteiger partial charge in [-0.25, -0.2) is 4.98 Å². The number of aromatic amines is 1. The Balaban J connectivity index is 2.12. The molecule has 0 saturated carbocycles. The molecule has 0 amide bonds. The van der Waals surface area contributed by atoms with Gasteiger partial charge in [-0.2, -0.15) is 5.10 Å². The van der Waals surface area contributed by atoms with Gasteiger partial charge >= 0.3 is 0 Å². The predicted octanol–water partition coefficient (Wildman–Crippen LogP) is 0.676. The van der Waals surface area contributed by atoms with Crippen molar-refractivity contribution in [1.82, 2.24) is 15.2 Å². The number of nitrogens with zero attached hydrogens (tertiary/aromatic N) is 2. The molecule has 0 spiro atoms. The number of H-pyrrole nitrogens is 1. The molecule has 1 saturated heterocycles. The summed E-state index contributed by atoms with van der Waals surface area (Å²) in [6.45, 7) is 2.68. The smallest absolute Gasteiger partial charge is 0.167 e. The number of nitrogens with two attached hydrogens (primary N) is 1. The van der Waals surface area contributed by atoms with Crippen LogP contribution in [-0.2, 0) is 4.74 Å². The Morgan fingerprint density at radius 3 is 3.08 bits per heavy atom. The van der Waals surface area contributed by atoms with E-state index in [1.54, 1.807) is 0 Å². The highest BCUT2D eigenvalue weighted by Gasteiger charge is 2.21. The summed E-state index contributed by atoms with van der Waals surface area (Å²) in [6.07, 6.45) is 2.21. The highest BCUT2D eigenvalue weighted by Crippen LogP contribution is 2.25. The van der Waals surface area contributed by atoms with Gasteiger partial charge in [-0.3, -0.25) is 5.10 Å². The minimum Gasteiger partial charge on any atom is -0.370 e. The Kier molecular flexibility index (Phi) is 2.28. The number of rotatable bonds is 2. The highest BCUT2D eigenvalue weighted by molar-refractivity contribution is 4.98. The summed E-state index contributed by atoms with van der Waals surface area (Å²) in [5.74, 6) is 1.47. The van der Waals surface area contributed by atoms with E-state index >= 15 is 0 Å². The topological polar surface area (TPSA) is 76.8 Å². The minimum atomic E-state index is -0.119. The van der Waals surface area contributed by atoms with Crippen LogP contribution < -0.4 is 5.73 Å². The number of aromatic nitrogens is 3. The first-order chi connectivity index (χ1) is 6.27. The van der Waals surface area contributed by atoms with E-state index in [0.717, 1.165) is 25.3 Å². The maximum Gasteiger partial charge on any atom is 0.167 e. The second-order valence-electron chi connectivity index (χ2n) is 3.37. The van der Waals surface area contributed by atoms with Gasteiger partial charge in [0.2, 0.25) is 0 Å². The van der Waals surface area contributed by atoms with E-state index in [0.29, 0.717) is 5.82 Å².